The number of nitrogens with one attached hydrogen (secondary N) is 1. The van der Waals surface area contributed by atoms with Crippen LogP contribution in [-0.4, -0.2) is 74.9 Å². The van der Waals surface area contributed by atoms with Crippen molar-refractivity contribution >= 4 is 0 Å². The van der Waals surface area contributed by atoms with Gasteiger partial charge in [-0.25, -0.2) is 0 Å². The van der Waals surface area contributed by atoms with Gasteiger partial charge in [0, 0.05) is 51.9 Å². The lowest BCUT2D eigenvalue weighted by Crippen LogP contribution is -2.48. The molecular formula is C13H27N3O. The van der Waals surface area contributed by atoms with E-state index < -0.39 is 0 Å². The van der Waals surface area contributed by atoms with Crippen LogP contribution in [0, 0.1) is 0 Å². The van der Waals surface area contributed by atoms with Crippen LogP contribution in [0.4, 0.5) is 0 Å². The first kappa shape index (κ1) is 13.3. The molecule has 2 aliphatic rings. The van der Waals surface area contributed by atoms with E-state index in [4.69, 9.17) is 4.74 Å². The Balaban J connectivity index is 1.67. The van der Waals surface area contributed by atoms with E-state index in [0.717, 1.165) is 25.7 Å². The molecular weight excluding hydrogens is 214 g/mol. The van der Waals surface area contributed by atoms with Crippen LogP contribution in [0.5, 0.6) is 0 Å². The second kappa shape index (κ2) is 6.69. The molecule has 0 radical (unpaired) electrons. The summed E-state index contributed by atoms with van der Waals surface area (Å²) < 4.78 is 5.61. The van der Waals surface area contributed by atoms with Crippen molar-refractivity contribution in [1.82, 2.24) is 15.1 Å². The maximum Gasteiger partial charge on any atom is 0.0561 e. The predicted molar refractivity (Wildman–Crippen MR) is 70.4 cm³/mol. The Morgan fingerprint density at radius 1 is 1.35 bits per heavy atom. The fraction of sp³-hybridized carbons (Fsp3) is 1.00. The quantitative estimate of drug-likeness (QED) is 0.771. The average Bonchev–Trinajstić information content (AvgIpc) is 2.37. The Morgan fingerprint density at radius 2 is 2.12 bits per heavy atom. The number of hydrogen-bond donors (Lipinski definition) is 1. The van der Waals surface area contributed by atoms with Gasteiger partial charge in [0.1, 0.15) is 0 Å². The van der Waals surface area contributed by atoms with Crippen molar-refractivity contribution in [1.29, 1.82) is 0 Å². The second-order valence-electron chi connectivity index (χ2n) is 5.43. The van der Waals surface area contributed by atoms with Crippen LogP contribution in [0.1, 0.15) is 19.8 Å². The summed E-state index contributed by atoms with van der Waals surface area (Å²) in [7, 11) is 2.27. The van der Waals surface area contributed by atoms with Gasteiger partial charge >= 0.3 is 0 Å². The van der Waals surface area contributed by atoms with Crippen LogP contribution in [0.25, 0.3) is 0 Å². The third kappa shape index (κ3) is 4.21. The molecule has 0 aliphatic carbocycles. The second-order valence-corrected chi connectivity index (χ2v) is 5.43. The van der Waals surface area contributed by atoms with Crippen molar-refractivity contribution in [2.45, 2.75) is 31.9 Å². The molecule has 2 fully saturated rings. The molecule has 2 atom stereocenters. The molecule has 2 heterocycles. The molecule has 2 unspecified atom stereocenters. The highest BCUT2D eigenvalue weighted by Gasteiger charge is 2.23. The van der Waals surface area contributed by atoms with E-state index in [2.05, 4.69) is 29.1 Å². The standard InChI is InChI=1S/C13H27N3O/c1-12-11-13(3-10-17-12)15(2)8-9-16-6-4-14-5-7-16/h12-14H,3-11H2,1-2H3. The van der Waals surface area contributed by atoms with Crippen molar-refractivity contribution < 1.29 is 4.74 Å². The molecule has 0 aromatic carbocycles. The summed E-state index contributed by atoms with van der Waals surface area (Å²) >= 11 is 0. The number of rotatable bonds is 4. The molecule has 0 aromatic heterocycles. The monoisotopic (exact) mass is 241 g/mol. The zero-order valence-corrected chi connectivity index (χ0v) is 11.3. The molecule has 17 heavy (non-hydrogen) atoms. The largest absolute Gasteiger partial charge is 0.378 e. The van der Waals surface area contributed by atoms with Crippen molar-refractivity contribution in [3.8, 4) is 0 Å². The molecule has 4 nitrogen and oxygen atoms in total. The fourth-order valence-electron chi connectivity index (χ4n) is 2.79. The van der Waals surface area contributed by atoms with E-state index in [1.807, 2.05) is 0 Å². The smallest absolute Gasteiger partial charge is 0.0561 e. The number of piperazine rings is 1. The Morgan fingerprint density at radius 3 is 2.82 bits per heavy atom. The predicted octanol–water partition coefficient (Wildman–Crippen LogP) is 0.391. The summed E-state index contributed by atoms with van der Waals surface area (Å²) in [4.78, 5) is 5.09. The molecule has 2 rings (SSSR count). The normalized spacial score (nSPS) is 31.9. The van der Waals surface area contributed by atoms with Crippen molar-refractivity contribution in [2.75, 3.05) is 52.9 Å². The van der Waals surface area contributed by atoms with Gasteiger partial charge in [-0.3, -0.25) is 4.90 Å². The number of likely N-dealkylation sites (N-methyl/N-ethyl adjacent to an activating group) is 1. The maximum atomic E-state index is 5.61. The Kier molecular flexibility index (Phi) is 5.22. The van der Waals surface area contributed by atoms with Gasteiger partial charge in [-0.2, -0.15) is 0 Å². The highest BCUT2D eigenvalue weighted by atomic mass is 16.5. The first-order chi connectivity index (χ1) is 8.25. The first-order valence-corrected chi connectivity index (χ1v) is 7.00. The molecule has 2 saturated heterocycles. The molecule has 0 amide bonds. The molecule has 0 aromatic rings. The third-order valence-electron chi connectivity index (χ3n) is 4.06. The molecule has 0 bridgehead atoms. The SMILES string of the molecule is CC1CC(N(C)CCN2CCNCC2)CCO1. The fourth-order valence-corrected chi connectivity index (χ4v) is 2.79. The van der Waals surface area contributed by atoms with Crippen LogP contribution < -0.4 is 5.32 Å². The summed E-state index contributed by atoms with van der Waals surface area (Å²) in [6.07, 6.45) is 2.83. The molecule has 0 saturated carbocycles. The van der Waals surface area contributed by atoms with E-state index in [9.17, 15) is 0 Å². The van der Waals surface area contributed by atoms with E-state index in [1.54, 1.807) is 0 Å². The molecule has 1 N–H and O–H groups in total. The summed E-state index contributed by atoms with van der Waals surface area (Å²) in [5.74, 6) is 0. The van der Waals surface area contributed by atoms with Crippen molar-refractivity contribution in [3.63, 3.8) is 0 Å². The van der Waals surface area contributed by atoms with Crippen molar-refractivity contribution in [3.05, 3.63) is 0 Å². The Labute approximate surface area is 105 Å². The summed E-state index contributed by atoms with van der Waals surface area (Å²) in [5.41, 5.74) is 0. The summed E-state index contributed by atoms with van der Waals surface area (Å²) in [6, 6.07) is 0.724. The highest BCUT2D eigenvalue weighted by Crippen LogP contribution is 2.17. The van der Waals surface area contributed by atoms with Crippen LogP contribution in [0.3, 0.4) is 0 Å². The average molecular weight is 241 g/mol. The lowest BCUT2D eigenvalue weighted by molar-refractivity contribution is -0.0132. The number of hydrogen-bond acceptors (Lipinski definition) is 4. The number of nitrogens with zero attached hydrogens (tertiary/aromatic N) is 2. The van der Waals surface area contributed by atoms with Crippen LogP contribution in [-0.2, 0) is 4.74 Å². The Hall–Kier alpha value is -0.160. The third-order valence-corrected chi connectivity index (χ3v) is 4.06. The van der Waals surface area contributed by atoms with Crippen LogP contribution >= 0.6 is 0 Å². The number of ether oxygens (including phenoxy) is 1. The molecule has 100 valence electrons. The lowest BCUT2D eigenvalue weighted by atomic mass is 10.0. The van der Waals surface area contributed by atoms with Gasteiger partial charge in [0.05, 0.1) is 6.10 Å². The van der Waals surface area contributed by atoms with Gasteiger partial charge in [0.15, 0.2) is 0 Å². The van der Waals surface area contributed by atoms with Crippen molar-refractivity contribution in [2.24, 2.45) is 0 Å². The zero-order valence-electron chi connectivity index (χ0n) is 11.3. The summed E-state index contributed by atoms with van der Waals surface area (Å²) in [5, 5.41) is 3.40. The summed E-state index contributed by atoms with van der Waals surface area (Å²) in [6.45, 7) is 10.2. The molecule has 4 heteroatoms. The van der Waals surface area contributed by atoms with E-state index >= 15 is 0 Å². The van der Waals surface area contributed by atoms with Gasteiger partial charge in [0.25, 0.3) is 0 Å². The minimum absolute atomic E-state index is 0.440. The van der Waals surface area contributed by atoms with Gasteiger partial charge in [0.2, 0.25) is 0 Å². The van der Waals surface area contributed by atoms with Gasteiger partial charge in [-0.05, 0) is 26.8 Å². The van der Waals surface area contributed by atoms with Crippen LogP contribution in [0.15, 0.2) is 0 Å². The maximum absolute atomic E-state index is 5.61. The van der Waals surface area contributed by atoms with E-state index in [1.165, 1.54) is 39.0 Å². The minimum Gasteiger partial charge on any atom is -0.378 e. The topological polar surface area (TPSA) is 27.7 Å². The lowest BCUT2D eigenvalue weighted by Gasteiger charge is -2.36. The van der Waals surface area contributed by atoms with Gasteiger partial charge in [-0.1, -0.05) is 0 Å². The van der Waals surface area contributed by atoms with E-state index in [-0.39, 0.29) is 0 Å². The van der Waals surface area contributed by atoms with Crippen LogP contribution in [0.2, 0.25) is 0 Å². The minimum atomic E-state index is 0.440. The van der Waals surface area contributed by atoms with E-state index in [0.29, 0.717) is 6.10 Å². The van der Waals surface area contributed by atoms with Gasteiger partial charge in [-0.15, -0.1) is 0 Å². The molecule has 0 spiro atoms. The Bertz CT molecular complexity index is 219. The zero-order chi connectivity index (χ0) is 12.1. The highest BCUT2D eigenvalue weighted by molar-refractivity contribution is 4.77. The first-order valence-electron chi connectivity index (χ1n) is 7.00. The molecule has 2 aliphatic heterocycles. The van der Waals surface area contributed by atoms with Gasteiger partial charge < -0.3 is 15.0 Å².